The fourth-order valence-electron chi connectivity index (χ4n) is 2.74. The number of imidazole rings is 1. The van der Waals surface area contributed by atoms with Gasteiger partial charge in [0.2, 0.25) is 5.95 Å². The minimum Gasteiger partial charge on any atom is -0.353 e. The van der Waals surface area contributed by atoms with E-state index in [9.17, 15) is 0 Å². The van der Waals surface area contributed by atoms with Crippen molar-refractivity contribution < 1.29 is 0 Å². The fourth-order valence-corrected chi connectivity index (χ4v) is 3.60. The summed E-state index contributed by atoms with van der Waals surface area (Å²) in [4.78, 5) is 4.42. The van der Waals surface area contributed by atoms with Gasteiger partial charge in [-0.3, -0.25) is 4.57 Å². The second kappa shape index (κ2) is 6.59. The molecule has 2 aromatic rings. The molecule has 21 heavy (non-hydrogen) atoms. The van der Waals surface area contributed by atoms with Crippen LogP contribution in [0.1, 0.15) is 32.1 Å². The standard InChI is InChI=1S/C15H16BrCl2N3/c16-11-6-7-12(14(18)13(11)17)21-9-8-19-15(21)20-10-4-2-1-3-5-10/h6-10H,1-5H2,(H,19,20). The first-order chi connectivity index (χ1) is 10.2. The van der Waals surface area contributed by atoms with Gasteiger partial charge in [-0.2, -0.15) is 0 Å². The fraction of sp³-hybridized carbons (Fsp3) is 0.400. The predicted molar refractivity (Wildman–Crippen MR) is 91.8 cm³/mol. The van der Waals surface area contributed by atoms with Crippen LogP contribution in [-0.4, -0.2) is 15.6 Å². The van der Waals surface area contributed by atoms with Gasteiger partial charge in [-0.05, 0) is 40.9 Å². The summed E-state index contributed by atoms with van der Waals surface area (Å²) in [6, 6.07) is 4.32. The van der Waals surface area contributed by atoms with Gasteiger partial charge in [0.1, 0.15) is 0 Å². The SMILES string of the molecule is Clc1c(Br)ccc(-n2ccnc2NC2CCCCC2)c1Cl. The third kappa shape index (κ3) is 3.22. The van der Waals surface area contributed by atoms with Gasteiger partial charge in [-0.1, -0.05) is 42.5 Å². The van der Waals surface area contributed by atoms with E-state index >= 15 is 0 Å². The number of nitrogens with one attached hydrogen (secondary N) is 1. The Kier molecular flexibility index (Phi) is 4.77. The molecule has 1 saturated carbocycles. The first-order valence-electron chi connectivity index (χ1n) is 7.10. The maximum Gasteiger partial charge on any atom is 0.207 e. The van der Waals surface area contributed by atoms with Gasteiger partial charge < -0.3 is 5.32 Å². The number of aromatic nitrogens is 2. The highest BCUT2D eigenvalue weighted by Gasteiger charge is 2.17. The highest BCUT2D eigenvalue weighted by Crippen LogP contribution is 2.36. The van der Waals surface area contributed by atoms with Gasteiger partial charge in [0, 0.05) is 22.9 Å². The molecule has 0 amide bonds. The number of benzene rings is 1. The van der Waals surface area contributed by atoms with Gasteiger partial charge in [-0.15, -0.1) is 0 Å². The van der Waals surface area contributed by atoms with Crippen LogP contribution in [-0.2, 0) is 0 Å². The van der Waals surface area contributed by atoms with Crippen molar-refractivity contribution in [2.24, 2.45) is 0 Å². The smallest absolute Gasteiger partial charge is 0.207 e. The Bertz CT molecular complexity index is 636. The van der Waals surface area contributed by atoms with E-state index in [1.807, 2.05) is 22.9 Å². The van der Waals surface area contributed by atoms with Gasteiger partial charge in [0.15, 0.2) is 0 Å². The molecule has 0 atom stereocenters. The Morgan fingerprint density at radius 3 is 2.67 bits per heavy atom. The van der Waals surface area contributed by atoms with Crippen LogP contribution in [0, 0.1) is 0 Å². The van der Waals surface area contributed by atoms with Gasteiger partial charge in [0.05, 0.1) is 15.7 Å². The van der Waals surface area contributed by atoms with Crippen LogP contribution in [0.25, 0.3) is 5.69 Å². The third-order valence-electron chi connectivity index (χ3n) is 3.85. The predicted octanol–water partition coefficient (Wildman–Crippen LogP) is 5.69. The van der Waals surface area contributed by atoms with Crippen molar-refractivity contribution in [1.29, 1.82) is 0 Å². The topological polar surface area (TPSA) is 29.9 Å². The van der Waals surface area contributed by atoms with Crippen LogP contribution in [0.4, 0.5) is 5.95 Å². The molecule has 1 N–H and O–H groups in total. The number of anilines is 1. The lowest BCUT2D eigenvalue weighted by Gasteiger charge is -2.24. The molecule has 0 saturated heterocycles. The van der Waals surface area contributed by atoms with Crippen molar-refractivity contribution in [1.82, 2.24) is 9.55 Å². The second-order valence-corrected chi connectivity index (χ2v) is 6.90. The molecule has 0 spiro atoms. The lowest BCUT2D eigenvalue weighted by atomic mass is 9.96. The first kappa shape index (κ1) is 15.2. The molecule has 0 unspecified atom stereocenters. The van der Waals surface area contributed by atoms with Crippen molar-refractivity contribution in [3.63, 3.8) is 0 Å². The van der Waals surface area contributed by atoms with E-state index in [-0.39, 0.29) is 0 Å². The largest absolute Gasteiger partial charge is 0.353 e. The summed E-state index contributed by atoms with van der Waals surface area (Å²) in [7, 11) is 0. The lowest BCUT2D eigenvalue weighted by molar-refractivity contribution is 0.460. The maximum atomic E-state index is 6.37. The van der Waals surface area contributed by atoms with Crippen molar-refractivity contribution in [3.8, 4) is 5.69 Å². The van der Waals surface area contributed by atoms with Crippen molar-refractivity contribution in [3.05, 3.63) is 39.0 Å². The van der Waals surface area contributed by atoms with Crippen LogP contribution in [0.3, 0.4) is 0 Å². The van der Waals surface area contributed by atoms with E-state index in [2.05, 4.69) is 26.2 Å². The van der Waals surface area contributed by atoms with Gasteiger partial charge >= 0.3 is 0 Å². The minimum atomic E-state index is 0.490. The highest BCUT2D eigenvalue weighted by molar-refractivity contribution is 9.10. The Balaban J connectivity index is 1.90. The zero-order valence-corrected chi connectivity index (χ0v) is 14.5. The lowest BCUT2D eigenvalue weighted by Crippen LogP contribution is -2.24. The summed E-state index contributed by atoms with van der Waals surface area (Å²) in [6.45, 7) is 0. The van der Waals surface area contributed by atoms with Crippen LogP contribution in [0.2, 0.25) is 10.0 Å². The first-order valence-corrected chi connectivity index (χ1v) is 8.65. The summed E-state index contributed by atoms with van der Waals surface area (Å²) < 4.78 is 2.75. The number of halogens is 3. The molecule has 6 heteroatoms. The molecule has 112 valence electrons. The van der Waals surface area contributed by atoms with Crippen LogP contribution >= 0.6 is 39.1 Å². The summed E-state index contributed by atoms with van der Waals surface area (Å²) in [5.41, 5.74) is 0.834. The van der Waals surface area contributed by atoms with E-state index in [4.69, 9.17) is 23.2 Å². The van der Waals surface area contributed by atoms with Crippen LogP contribution in [0.5, 0.6) is 0 Å². The second-order valence-electron chi connectivity index (χ2n) is 5.29. The average Bonchev–Trinajstić information content (AvgIpc) is 2.94. The Morgan fingerprint density at radius 1 is 1.14 bits per heavy atom. The molecule has 3 rings (SSSR count). The van der Waals surface area contributed by atoms with E-state index in [1.54, 1.807) is 6.20 Å². The molecule has 1 aromatic carbocycles. The summed E-state index contributed by atoms with van der Waals surface area (Å²) in [5.74, 6) is 0.821. The number of rotatable bonds is 3. The number of nitrogens with zero attached hydrogens (tertiary/aromatic N) is 2. The number of hydrogen-bond acceptors (Lipinski definition) is 2. The van der Waals surface area contributed by atoms with Crippen LogP contribution in [0.15, 0.2) is 29.0 Å². The van der Waals surface area contributed by atoms with Crippen molar-refractivity contribution >= 4 is 45.1 Å². The molecule has 1 fully saturated rings. The molecule has 0 aliphatic heterocycles. The molecule has 1 aromatic heterocycles. The summed E-state index contributed by atoms with van der Waals surface area (Å²) in [5, 5.41) is 4.57. The Labute approximate surface area is 142 Å². The quantitative estimate of drug-likeness (QED) is 0.684. The van der Waals surface area contributed by atoms with Gasteiger partial charge in [0.25, 0.3) is 0 Å². The molecule has 1 heterocycles. The third-order valence-corrected chi connectivity index (χ3v) is 5.61. The van der Waals surface area contributed by atoms with E-state index in [0.717, 1.165) is 16.1 Å². The Hall–Kier alpha value is -0.710. The average molecular weight is 389 g/mol. The minimum absolute atomic E-state index is 0.490. The van der Waals surface area contributed by atoms with E-state index in [1.165, 1.54) is 32.1 Å². The van der Waals surface area contributed by atoms with E-state index in [0.29, 0.717) is 16.1 Å². The molecule has 3 nitrogen and oxygen atoms in total. The monoisotopic (exact) mass is 387 g/mol. The summed E-state index contributed by atoms with van der Waals surface area (Å²) >= 11 is 16.0. The molecule has 0 radical (unpaired) electrons. The Morgan fingerprint density at radius 2 is 1.90 bits per heavy atom. The molecule has 0 bridgehead atoms. The zero-order valence-electron chi connectivity index (χ0n) is 11.5. The molecular formula is C15H16BrCl2N3. The van der Waals surface area contributed by atoms with Gasteiger partial charge in [-0.25, -0.2) is 4.98 Å². The van der Waals surface area contributed by atoms with Crippen molar-refractivity contribution in [2.75, 3.05) is 5.32 Å². The van der Waals surface area contributed by atoms with Crippen molar-refractivity contribution in [2.45, 2.75) is 38.1 Å². The molecule has 1 aliphatic carbocycles. The highest BCUT2D eigenvalue weighted by atomic mass is 79.9. The summed E-state index contributed by atoms with van der Waals surface area (Å²) in [6.07, 6.45) is 9.96. The number of hydrogen-bond donors (Lipinski definition) is 1. The van der Waals surface area contributed by atoms with Crippen LogP contribution < -0.4 is 5.32 Å². The zero-order chi connectivity index (χ0) is 14.8. The maximum absolute atomic E-state index is 6.37. The normalized spacial score (nSPS) is 16.1. The van der Waals surface area contributed by atoms with E-state index < -0.39 is 0 Å². The molecular weight excluding hydrogens is 373 g/mol. The molecule has 1 aliphatic rings.